The van der Waals surface area contributed by atoms with Crippen molar-refractivity contribution in [2.45, 2.75) is 56.8 Å². The van der Waals surface area contributed by atoms with Gasteiger partial charge in [0.05, 0.1) is 0 Å². The molecule has 0 bridgehead atoms. The van der Waals surface area contributed by atoms with E-state index in [0.717, 1.165) is 0 Å². The van der Waals surface area contributed by atoms with E-state index in [1.807, 2.05) is 0 Å². The molecule has 0 aromatic carbocycles. The van der Waals surface area contributed by atoms with Gasteiger partial charge < -0.3 is 0 Å². The second-order valence-corrected chi connectivity index (χ2v) is 19.6. The van der Waals surface area contributed by atoms with Gasteiger partial charge in [0.25, 0.3) is 0 Å². The van der Waals surface area contributed by atoms with Gasteiger partial charge in [0.15, 0.2) is 0 Å². The van der Waals surface area contributed by atoms with Crippen molar-refractivity contribution in [1.82, 2.24) is 0 Å². The molecule has 0 saturated heterocycles. The first-order valence-electron chi connectivity index (χ1n) is 5.41. The van der Waals surface area contributed by atoms with E-state index in [9.17, 15) is 0 Å². The van der Waals surface area contributed by atoms with Gasteiger partial charge in [-0.3, -0.25) is 0 Å². The molecule has 0 N–H and O–H groups in total. The molecule has 0 aromatic heterocycles. The van der Waals surface area contributed by atoms with Gasteiger partial charge in [-0.2, -0.15) is 0 Å². The molecule has 0 atom stereocenters. The maximum atomic E-state index is 2.35. The SMILES string of the molecule is C[CH2][SnH][CH2]C.C[CH2][Sn]([CH2]C)[CH2]C. The van der Waals surface area contributed by atoms with E-state index < -0.39 is 19.8 Å². The first kappa shape index (κ1) is 16.0. The summed E-state index contributed by atoms with van der Waals surface area (Å²) >= 11 is -0.573. The fraction of sp³-hybridized carbons (Fsp3) is 1.00. The summed E-state index contributed by atoms with van der Waals surface area (Å²) in [6.07, 6.45) is 0. The summed E-state index contributed by atoms with van der Waals surface area (Å²) in [6, 6.07) is 0. The molecule has 0 rings (SSSR count). The van der Waals surface area contributed by atoms with E-state index in [1.54, 1.807) is 13.3 Å². The zero-order valence-corrected chi connectivity index (χ0v) is 15.8. The van der Waals surface area contributed by atoms with Crippen LogP contribution in [0, 0.1) is 0 Å². The molecule has 0 saturated carbocycles. The minimum absolute atomic E-state index is 0.0800. The van der Waals surface area contributed by atoms with Crippen LogP contribution in [0.3, 0.4) is 0 Å². The van der Waals surface area contributed by atoms with Gasteiger partial charge in [0.1, 0.15) is 0 Å². The Bertz CT molecular complexity index is 53.3. The van der Waals surface area contributed by atoms with E-state index in [4.69, 9.17) is 0 Å². The predicted molar refractivity (Wildman–Crippen MR) is 65.3 cm³/mol. The van der Waals surface area contributed by atoms with Crippen molar-refractivity contribution in [3.63, 3.8) is 0 Å². The summed E-state index contributed by atoms with van der Waals surface area (Å²) in [5, 5.41) is 0. The second-order valence-electron chi connectivity index (χ2n) is 2.92. The summed E-state index contributed by atoms with van der Waals surface area (Å²) in [5.41, 5.74) is 0. The Morgan fingerprint density at radius 3 is 1.08 bits per heavy atom. The maximum absolute atomic E-state index is 2.35. The molecular weight excluding hydrogens is 358 g/mol. The van der Waals surface area contributed by atoms with Crippen LogP contribution in [0.5, 0.6) is 0 Å². The summed E-state index contributed by atoms with van der Waals surface area (Å²) in [5.74, 6) is 0. The average Bonchev–Trinajstić information content (AvgIpc) is 2.10. The van der Waals surface area contributed by atoms with Crippen LogP contribution in [0.2, 0.25) is 22.2 Å². The van der Waals surface area contributed by atoms with E-state index >= 15 is 0 Å². The minimum atomic E-state index is -0.653. The molecule has 0 aliphatic heterocycles. The number of rotatable bonds is 5. The Morgan fingerprint density at radius 2 is 1.08 bits per heavy atom. The van der Waals surface area contributed by atoms with Crippen LogP contribution in [-0.2, 0) is 0 Å². The van der Waals surface area contributed by atoms with Gasteiger partial charge in [-0.15, -0.1) is 0 Å². The van der Waals surface area contributed by atoms with Crippen molar-refractivity contribution in [1.29, 1.82) is 0 Å². The molecule has 0 unspecified atom stereocenters. The van der Waals surface area contributed by atoms with Crippen LogP contribution in [0.15, 0.2) is 0 Å². The molecule has 0 aromatic rings. The third-order valence-electron chi connectivity index (χ3n) is 2.08. The zero-order chi connectivity index (χ0) is 9.82. The molecule has 0 heterocycles. The summed E-state index contributed by atoms with van der Waals surface area (Å²) in [4.78, 5) is 0. The van der Waals surface area contributed by atoms with E-state index in [2.05, 4.69) is 34.6 Å². The van der Waals surface area contributed by atoms with E-state index in [1.165, 1.54) is 8.87 Å². The van der Waals surface area contributed by atoms with Gasteiger partial charge in [0.2, 0.25) is 0 Å². The molecule has 0 amide bonds. The molecule has 0 spiro atoms. The molecule has 0 aliphatic rings. The average molecular weight is 384 g/mol. The third-order valence-corrected chi connectivity index (χ3v) is 13.9. The fourth-order valence-corrected chi connectivity index (χ4v) is 6.97. The van der Waals surface area contributed by atoms with Gasteiger partial charge in [-0.05, 0) is 0 Å². The van der Waals surface area contributed by atoms with Gasteiger partial charge in [0, 0.05) is 0 Å². The first-order chi connectivity index (χ1) is 5.76. The van der Waals surface area contributed by atoms with Gasteiger partial charge >= 0.3 is 97.7 Å². The van der Waals surface area contributed by atoms with Gasteiger partial charge in [-0.25, -0.2) is 0 Å². The van der Waals surface area contributed by atoms with Crippen LogP contribution in [0.25, 0.3) is 0 Å². The van der Waals surface area contributed by atoms with Crippen molar-refractivity contribution >= 4 is 40.9 Å². The van der Waals surface area contributed by atoms with Crippen LogP contribution < -0.4 is 0 Å². The van der Waals surface area contributed by atoms with Crippen LogP contribution in [0.1, 0.15) is 34.6 Å². The topological polar surface area (TPSA) is 0 Å². The normalized spacial score (nSPS) is 9.50. The first-order valence-corrected chi connectivity index (χ1v) is 16.1. The van der Waals surface area contributed by atoms with Crippen molar-refractivity contribution in [2.75, 3.05) is 0 Å². The standard InChI is InChI=1S/5C2H5.2Sn.H/c5*1-2;;;/h5*1H2,2H3;;;. The Kier molecular flexibility index (Phi) is 20.2. The van der Waals surface area contributed by atoms with Crippen molar-refractivity contribution in [2.24, 2.45) is 0 Å². The Labute approximate surface area is 96.9 Å². The molecule has 0 nitrogen and oxygen atoms in total. The van der Waals surface area contributed by atoms with Crippen LogP contribution in [0.4, 0.5) is 0 Å². The van der Waals surface area contributed by atoms with Crippen molar-refractivity contribution in [3.05, 3.63) is 0 Å². The predicted octanol–water partition coefficient (Wildman–Crippen LogP) is 3.84. The Hall–Kier alpha value is 1.60. The molecule has 2 radical (unpaired) electrons. The Balaban J connectivity index is 0. The molecule has 0 fully saturated rings. The monoisotopic (exact) mass is 386 g/mol. The van der Waals surface area contributed by atoms with Crippen molar-refractivity contribution in [3.8, 4) is 0 Å². The fourth-order valence-electron chi connectivity index (χ4n) is 1.04. The third kappa shape index (κ3) is 14.1. The van der Waals surface area contributed by atoms with Gasteiger partial charge in [-0.1, -0.05) is 0 Å². The summed E-state index contributed by atoms with van der Waals surface area (Å²) in [7, 11) is 0. The van der Waals surface area contributed by atoms with E-state index in [0.29, 0.717) is 0 Å². The summed E-state index contributed by atoms with van der Waals surface area (Å²) < 4.78 is 7.72. The molecular formula is C10H26Sn2. The number of hydrogen-bond donors (Lipinski definition) is 0. The zero-order valence-electron chi connectivity index (χ0n) is 9.61. The molecule has 0 aliphatic carbocycles. The van der Waals surface area contributed by atoms with Crippen molar-refractivity contribution < 1.29 is 0 Å². The molecule has 74 valence electrons. The molecule has 12 heavy (non-hydrogen) atoms. The van der Waals surface area contributed by atoms with Crippen LogP contribution in [-0.4, -0.2) is 40.9 Å². The summed E-state index contributed by atoms with van der Waals surface area (Å²) in [6.45, 7) is 11.6. The second kappa shape index (κ2) is 15.1. The Morgan fingerprint density at radius 1 is 0.750 bits per heavy atom. The van der Waals surface area contributed by atoms with Crippen LogP contribution >= 0.6 is 0 Å². The number of hydrogen-bond acceptors (Lipinski definition) is 0. The van der Waals surface area contributed by atoms with E-state index in [-0.39, 0.29) is 21.1 Å². The quantitative estimate of drug-likeness (QED) is 0.633. The molecule has 2 heteroatoms.